The monoisotopic (exact) mass is 287 g/mol. The van der Waals surface area contributed by atoms with Gasteiger partial charge in [0.05, 0.1) is 11.8 Å². The smallest absolute Gasteiger partial charge is 0.307 e. The summed E-state index contributed by atoms with van der Waals surface area (Å²) in [5, 5.41) is 12.0. The number of aryl methyl sites for hydroxylation is 1. The molecule has 3 rings (SSSR count). The number of nitrogens with one attached hydrogen (secondary N) is 1. The molecule has 2 saturated carbocycles. The molecule has 1 aromatic carbocycles. The number of amides is 1. The number of benzene rings is 1. The van der Waals surface area contributed by atoms with Crippen molar-refractivity contribution in [2.45, 2.75) is 38.0 Å². The van der Waals surface area contributed by atoms with Crippen molar-refractivity contribution in [3.63, 3.8) is 0 Å². The number of hydrogen-bond acceptors (Lipinski definition) is 2. The van der Waals surface area contributed by atoms with Crippen LogP contribution in [0.2, 0.25) is 0 Å². The number of carboxylic acids is 1. The lowest BCUT2D eigenvalue weighted by molar-refractivity contribution is -0.152. The zero-order valence-electron chi connectivity index (χ0n) is 12.3. The first kappa shape index (κ1) is 14.1. The molecule has 1 aromatic rings. The van der Waals surface area contributed by atoms with Crippen molar-refractivity contribution in [1.82, 2.24) is 5.32 Å². The van der Waals surface area contributed by atoms with Gasteiger partial charge in [-0.1, -0.05) is 24.3 Å². The highest BCUT2D eigenvalue weighted by atomic mass is 16.4. The van der Waals surface area contributed by atoms with Gasteiger partial charge in [0.15, 0.2) is 0 Å². The van der Waals surface area contributed by atoms with Gasteiger partial charge in [0.2, 0.25) is 5.91 Å². The van der Waals surface area contributed by atoms with Crippen molar-refractivity contribution >= 4 is 11.9 Å². The molecule has 2 fully saturated rings. The maximum Gasteiger partial charge on any atom is 0.307 e. The second-order valence-electron chi connectivity index (χ2n) is 6.44. The third-order valence-electron chi connectivity index (χ3n) is 5.10. The van der Waals surface area contributed by atoms with Crippen LogP contribution >= 0.6 is 0 Å². The van der Waals surface area contributed by atoms with Crippen LogP contribution in [-0.4, -0.2) is 23.5 Å². The second-order valence-corrected chi connectivity index (χ2v) is 6.44. The topological polar surface area (TPSA) is 66.4 Å². The molecule has 0 bridgehead atoms. The Morgan fingerprint density at radius 1 is 1.24 bits per heavy atom. The van der Waals surface area contributed by atoms with Gasteiger partial charge in [0.25, 0.3) is 0 Å². The van der Waals surface area contributed by atoms with E-state index in [2.05, 4.69) is 24.4 Å². The summed E-state index contributed by atoms with van der Waals surface area (Å²) in [6.45, 7) is 2.73. The van der Waals surface area contributed by atoms with Gasteiger partial charge in [-0.3, -0.25) is 9.59 Å². The Kier molecular flexibility index (Phi) is 3.47. The summed E-state index contributed by atoms with van der Waals surface area (Å²) in [5.41, 5.74) is 2.65. The van der Waals surface area contributed by atoms with Crippen LogP contribution in [0.1, 0.15) is 36.8 Å². The molecule has 0 aliphatic heterocycles. The summed E-state index contributed by atoms with van der Waals surface area (Å²) in [6.07, 6.45) is 3.49. The van der Waals surface area contributed by atoms with E-state index in [4.69, 9.17) is 5.11 Å². The molecule has 2 aliphatic rings. The molecule has 0 heterocycles. The minimum atomic E-state index is -0.846. The van der Waals surface area contributed by atoms with E-state index in [0.717, 1.165) is 12.8 Å². The van der Waals surface area contributed by atoms with E-state index in [-0.39, 0.29) is 17.2 Å². The normalized spacial score (nSPS) is 25.8. The minimum absolute atomic E-state index is 0.0729. The lowest BCUT2D eigenvalue weighted by atomic mass is 9.73. The minimum Gasteiger partial charge on any atom is -0.481 e. The average molecular weight is 287 g/mol. The van der Waals surface area contributed by atoms with E-state index in [1.54, 1.807) is 0 Å². The highest BCUT2D eigenvalue weighted by Gasteiger charge is 2.47. The summed E-state index contributed by atoms with van der Waals surface area (Å²) in [5.74, 6) is -1.76. The lowest BCUT2D eigenvalue weighted by Gasteiger charge is -2.32. The molecular weight excluding hydrogens is 266 g/mol. The Morgan fingerprint density at radius 3 is 2.43 bits per heavy atom. The maximum absolute atomic E-state index is 12.2. The number of carboxylic acid groups (broad SMARTS) is 1. The Balaban J connectivity index is 1.62. The summed E-state index contributed by atoms with van der Waals surface area (Å²) in [7, 11) is 0. The van der Waals surface area contributed by atoms with E-state index >= 15 is 0 Å². The molecule has 0 saturated heterocycles. The Labute approximate surface area is 124 Å². The van der Waals surface area contributed by atoms with Crippen LogP contribution in [0.4, 0.5) is 0 Å². The van der Waals surface area contributed by atoms with Crippen LogP contribution in [0.5, 0.6) is 0 Å². The van der Waals surface area contributed by atoms with Crippen LogP contribution in [0, 0.1) is 18.8 Å². The third-order valence-corrected chi connectivity index (χ3v) is 5.10. The number of hydrogen-bond donors (Lipinski definition) is 2. The van der Waals surface area contributed by atoms with Crippen molar-refractivity contribution in [3.05, 3.63) is 35.4 Å². The molecular formula is C17H21NO3. The molecule has 2 atom stereocenters. The van der Waals surface area contributed by atoms with Crippen molar-refractivity contribution in [2.75, 3.05) is 6.54 Å². The van der Waals surface area contributed by atoms with E-state index in [9.17, 15) is 9.59 Å². The zero-order valence-corrected chi connectivity index (χ0v) is 12.3. The molecule has 0 spiro atoms. The van der Waals surface area contributed by atoms with Crippen molar-refractivity contribution < 1.29 is 14.7 Å². The summed E-state index contributed by atoms with van der Waals surface area (Å²) < 4.78 is 0. The van der Waals surface area contributed by atoms with Gasteiger partial charge in [0, 0.05) is 12.0 Å². The molecule has 4 heteroatoms. The van der Waals surface area contributed by atoms with Crippen LogP contribution in [0.3, 0.4) is 0 Å². The molecule has 2 unspecified atom stereocenters. The van der Waals surface area contributed by atoms with E-state index in [1.807, 2.05) is 12.1 Å². The number of rotatable bonds is 5. The van der Waals surface area contributed by atoms with Gasteiger partial charge in [-0.15, -0.1) is 0 Å². The first-order chi connectivity index (χ1) is 10.0. The van der Waals surface area contributed by atoms with Gasteiger partial charge in [0.1, 0.15) is 0 Å². The van der Waals surface area contributed by atoms with Gasteiger partial charge < -0.3 is 10.4 Å². The van der Waals surface area contributed by atoms with Crippen molar-refractivity contribution in [1.29, 1.82) is 0 Å². The Bertz CT molecular complexity index is 577. The molecule has 21 heavy (non-hydrogen) atoms. The summed E-state index contributed by atoms with van der Waals surface area (Å²) in [4.78, 5) is 23.2. The van der Waals surface area contributed by atoms with Gasteiger partial charge in [-0.05, 0) is 43.7 Å². The Hall–Kier alpha value is -1.84. The molecule has 2 N–H and O–H groups in total. The average Bonchev–Trinajstić information content (AvgIpc) is 3.16. The van der Waals surface area contributed by atoms with Gasteiger partial charge in [-0.25, -0.2) is 0 Å². The fraction of sp³-hybridized carbons (Fsp3) is 0.529. The number of aliphatic carboxylic acids is 1. The first-order valence-electron chi connectivity index (χ1n) is 7.60. The summed E-state index contributed by atoms with van der Waals surface area (Å²) >= 11 is 0. The van der Waals surface area contributed by atoms with Crippen LogP contribution in [0.15, 0.2) is 24.3 Å². The third kappa shape index (κ3) is 2.55. The standard InChI is InChI=1S/C17H21NO3/c1-11-4-2-3-5-14(11)17(8-9-17)10-18-15(19)12-6-7-13(12)16(20)21/h2-5,12-13H,6-10H2,1H3,(H,18,19)(H,20,21). The van der Waals surface area contributed by atoms with Crippen LogP contribution in [0.25, 0.3) is 0 Å². The maximum atomic E-state index is 12.2. The highest BCUT2D eigenvalue weighted by Crippen LogP contribution is 2.48. The SMILES string of the molecule is Cc1ccccc1C1(CNC(=O)C2CCC2C(=O)O)CC1. The predicted octanol–water partition coefficient (Wildman–Crippen LogP) is 2.25. The fourth-order valence-electron chi connectivity index (χ4n) is 3.36. The first-order valence-corrected chi connectivity index (χ1v) is 7.60. The largest absolute Gasteiger partial charge is 0.481 e. The molecule has 0 radical (unpaired) electrons. The van der Waals surface area contributed by atoms with E-state index in [1.165, 1.54) is 11.1 Å². The molecule has 2 aliphatic carbocycles. The number of carbonyl (C=O) groups is 2. The van der Waals surface area contributed by atoms with Crippen molar-refractivity contribution in [2.24, 2.45) is 11.8 Å². The molecule has 1 amide bonds. The fourth-order valence-corrected chi connectivity index (χ4v) is 3.36. The molecule has 112 valence electrons. The zero-order chi connectivity index (χ0) is 15.0. The van der Waals surface area contributed by atoms with Crippen LogP contribution < -0.4 is 5.32 Å². The van der Waals surface area contributed by atoms with Crippen molar-refractivity contribution in [3.8, 4) is 0 Å². The van der Waals surface area contributed by atoms with Crippen LogP contribution in [-0.2, 0) is 15.0 Å². The highest BCUT2D eigenvalue weighted by molar-refractivity contribution is 5.86. The second kappa shape index (κ2) is 5.17. The Morgan fingerprint density at radius 2 is 1.90 bits per heavy atom. The molecule has 0 aromatic heterocycles. The number of carbonyl (C=O) groups excluding carboxylic acids is 1. The lowest BCUT2D eigenvalue weighted by Crippen LogP contribution is -2.45. The summed E-state index contributed by atoms with van der Waals surface area (Å²) in [6, 6.07) is 8.30. The predicted molar refractivity (Wildman–Crippen MR) is 79.0 cm³/mol. The van der Waals surface area contributed by atoms with Gasteiger partial charge in [-0.2, -0.15) is 0 Å². The van der Waals surface area contributed by atoms with Gasteiger partial charge >= 0.3 is 5.97 Å². The van der Waals surface area contributed by atoms with E-state index in [0.29, 0.717) is 19.4 Å². The quantitative estimate of drug-likeness (QED) is 0.873. The molecule has 4 nitrogen and oxygen atoms in total. The van der Waals surface area contributed by atoms with E-state index < -0.39 is 11.9 Å².